The number of rotatable bonds is 3. The number of anilines is 1. The van der Waals surface area contributed by atoms with Crippen LogP contribution in [0.2, 0.25) is 0 Å². The lowest BCUT2D eigenvalue weighted by Gasteiger charge is -2.28. The van der Waals surface area contributed by atoms with E-state index in [-0.39, 0.29) is 0 Å². The molecule has 23 heavy (non-hydrogen) atoms. The van der Waals surface area contributed by atoms with Crippen LogP contribution in [0.25, 0.3) is 22.6 Å². The van der Waals surface area contributed by atoms with Crippen LogP contribution in [0.3, 0.4) is 0 Å². The zero-order chi connectivity index (χ0) is 15.5. The van der Waals surface area contributed by atoms with Crippen LogP contribution in [-0.2, 0) is 0 Å². The second-order valence-corrected chi connectivity index (χ2v) is 6.10. The maximum Gasteiger partial charge on any atom is 0.158 e. The maximum absolute atomic E-state index is 6.30. The second kappa shape index (κ2) is 6.33. The summed E-state index contributed by atoms with van der Waals surface area (Å²) in [5.74, 6) is 1.94. The summed E-state index contributed by atoms with van der Waals surface area (Å²) in [4.78, 5) is 2.47. The lowest BCUT2D eigenvalue weighted by atomic mass is 10.1. The maximum atomic E-state index is 6.30. The van der Waals surface area contributed by atoms with Crippen LogP contribution in [0.5, 0.6) is 0 Å². The second-order valence-electron chi connectivity index (χ2n) is 6.10. The molecule has 0 N–H and O–H groups in total. The first-order valence-corrected chi connectivity index (χ1v) is 8.41. The quantitative estimate of drug-likeness (QED) is 0.626. The van der Waals surface area contributed by atoms with Gasteiger partial charge >= 0.3 is 0 Å². The van der Waals surface area contributed by atoms with E-state index in [4.69, 9.17) is 4.42 Å². The standard InChI is InChI=1S/C21H21NO/c1-4-10-17(11-5-1)20-16-19(22-14-8-3-9-15-22)21(23-20)18-12-6-2-7-13-18/h1-2,4-7,10-13,16H,3,8-9,14-15H2. The molecule has 3 aromatic rings. The Hall–Kier alpha value is -2.48. The molecule has 2 heteroatoms. The van der Waals surface area contributed by atoms with Gasteiger partial charge < -0.3 is 9.32 Å². The molecule has 4 rings (SSSR count). The largest absolute Gasteiger partial charge is 0.454 e. The normalized spacial score (nSPS) is 14.9. The minimum Gasteiger partial charge on any atom is -0.454 e. The minimum atomic E-state index is 0.949. The highest BCUT2D eigenvalue weighted by molar-refractivity contribution is 5.79. The zero-order valence-electron chi connectivity index (χ0n) is 13.2. The van der Waals surface area contributed by atoms with Crippen molar-refractivity contribution in [3.8, 4) is 22.6 Å². The molecule has 1 aromatic heterocycles. The molecule has 0 saturated carbocycles. The number of piperidine rings is 1. The van der Waals surface area contributed by atoms with Crippen LogP contribution >= 0.6 is 0 Å². The zero-order valence-corrected chi connectivity index (χ0v) is 13.2. The lowest BCUT2D eigenvalue weighted by Crippen LogP contribution is -2.29. The number of hydrogen-bond donors (Lipinski definition) is 0. The van der Waals surface area contributed by atoms with Crippen molar-refractivity contribution in [2.24, 2.45) is 0 Å². The Bertz CT molecular complexity index is 755. The molecule has 0 aliphatic carbocycles. The van der Waals surface area contributed by atoms with Crippen LogP contribution in [-0.4, -0.2) is 13.1 Å². The highest BCUT2D eigenvalue weighted by Gasteiger charge is 2.20. The van der Waals surface area contributed by atoms with Gasteiger partial charge in [0.25, 0.3) is 0 Å². The minimum absolute atomic E-state index is 0.949. The predicted molar refractivity (Wildman–Crippen MR) is 95.6 cm³/mol. The summed E-state index contributed by atoms with van der Waals surface area (Å²) in [6, 6.07) is 23.0. The molecule has 2 nitrogen and oxygen atoms in total. The number of benzene rings is 2. The van der Waals surface area contributed by atoms with Crippen molar-refractivity contribution in [2.75, 3.05) is 18.0 Å². The lowest BCUT2D eigenvalue weighted by molar-refractivity contribution is 0.568. The molecule has 0 bridgehead atoms. The van der Waals surface area contributed by atoms with Crippen LogP contribution in [0.15, 0.2) is 71.1 Å². The van der Waals surface area contributed by atoms with Crippen LogP contribution in [0.1, 0.15) is 19.3 Å². The van der Waals surface area contributed by atoms with Crippen molar-refractivity contribution < 1.29 is 4.42 Å². The van der Waals surface area contributed by atoms with Gasteiger partial charge in [-0.3, -0.25) is 0 Å². The van der Waals surface area contributed by atoms with Crippen molar-refractivity contribution in [2.45, 2.75) is 19.3 Å². The monoisotopic (exact) mass is 303 g/mol. The summed E-state index contributed by atoms with van der Waals surface area (Å²) in [6.07, 6.45) is 3.86. The highest BCUT2D eigenvalue weighted by atomic mass is 16.3. The van der Waals surface area contributed by atoms with E-state index in [2.05, 4.69) is 59.5 Å². The van der Waals surface area contributed by atoms with E-state index in [1.54, 1.807) is 0 Å². The summed E-state index contributed by atoms with van der Waals surface area (Å²) in [6.45, 7) is 2.24. The molecule has 116 valence electrons. The fourth-order valence-electron chi connectivity index (χ4n) is 3.29. The Morgan fingerprint density at radius 1 is 0.696 bits per heavy atom. The molecule has 1 saturated heterocycles. The average Bonchev–Trinajstić information content (AvgIpc) is 3.09. The number of hydrogen-bond acceptors (Lipinski definition) is 2. The molecule has 1 aliphatic heterocycles. The fourth-order valence-corrected chi connectivity index (χ4v) is 3.29. The molecular formula is C21H21NO. The molecule has 0 radical (unpaired) electrons. The first kappa shape index (κ1) is 14.1. The first-order valence-electron chi connectivity index (χ1n) is 8.41. The summed E-state index contributed by atoms with van der Waals surface area (Å²) in [5.41, 5.74) is 3.51. The molecule has 1 fully saturated rings. The molecule has 1 aliphatic rings. The van der Waals surface area contributed by atoms with E-state index >= 15 is 0 Å². The Morgan fingerprint density at radius 2 is 1.30 bits per heavy atom. The topological polar surface area (TPSA) is 16.4 Å². The van der Waals surface area contributed by atoms with Crippen molar-refractivity contribution >= 4 is 5.69 Å². The highest BCUT2D eigenvalue weighted by Crippen LogP contribution is 2.39. The summed E-state index contributed by atoms with van der Waals surface area (Å²) >= 11 is 0. The van der Waals surface area contributed by atoms with Gasteiger partial charge in [0.05, 0.1) is 5.69 Å². The van der Waals surface area contributed by atoms with E-state index in [1.807, 2.05) is 12.1 Å². The SMILES string of the molecule is c1ccc(-c2cc(N3CCCCC3)c(-c3ccccc3)o2)cc1. The average molecular weight is 303 g/mol. The Labute approximate surface area is 137 Å². The van der Waals surface area contributed by atoms with Gasteiger partial charge in [0.1, 0.15) is 5.76 Å². The van der Waals surface area contributed by atoms with Gasteiger partial charge in [-0.2, -0.15) is 0 Å². The van der Waals surface area contributed by atoms with Crippen molar-refractivity contribution in [3.05, 3.63) is 66.7 Å². The van der Waals surface area contributed by atoms with E-state index in [1.165, 1.54) is 24.9 Å². The predicted octanol–water partition coefficient (Wildman–Crippen LogP) is 5.60. The van der Waals surface area contributed by atoms with Gasteiger partial charge in [0.2, 0.25) is 0 Å². The number of nitrogens with zero attached hydrogens (tertiary/aromatic N) is 1. The van der Waals surface area contributed by atoms with E-state index < -0.39 is 0 Å². The summed E-state index contributed by atoms with van der Waals surface area (Å²) in [7, 11) is 0. The molecule has 0 spiro atoms. The third-order valence-electron chi connectivity index (χ3n) is 4.50. The van der Waals surface area contributed by atoms with Crippen molar-refractivity contribution in [1.29, 1.82) is 0 Å². The van der Waals surface area contributed by atoms with Gasteiger partial charge in [0.15, 0.2) is 5.76 Å². The van der Waals surface area contributed by atoms with Gasteiger partial charge in [-0.05, 0) is 19.3 Å². The number of furan rings is 1. The fraction of sp³-hybridized carbons (Fsp3) is 0.238. The first-order chi connectivity index (χ1) is 11.4. The van der Waals surface area contributed by atoms with Crippen LogP contribution < -0.4 is 4.90 Å². The molecule has 0 amide bonds. The summed E-state index contributed by atoms with van der Waals surface area (Å²) < 4.78 is 6.30. The smallest absolute Gasteiger partial charge is 0.158 e. The Morgan fingerprint density at radius 3 is 1.96 bits per heavy atom. The Kier molecular flexibility index (Phi) is 3.89. The third-order valence-corrected chi connectivity index (χ3v) is 4.50. The summed E-state index contributed by atoms with van der Waals surface area (Å²) in [5, 5.41) is 0. The molecule has 2 heterocycles. The van der Waals surface area contributed by atoms with Crippen molar-refractivity contribution in [1.82, 2.24) is 0 Å². The van der Waals surface area contributed by atoms with Gasteiger partial charge in [-0.25, -0.2) is 0 Å². The Balaban J connectivity index is 1.80. The van der Waals surface area contributed by atoms with Crippen LogP contribution in [0, 0.1) is 0 Å². The third kappa shape index (κ3) is 2.89. The van der Waals surface area contributed by atoms with E-state index in [9.17, 15) is 0 Å². The molecule has 2 aromatic carbocycles. The van der Waals surface area contributed by atoms with E-state index in [0.29, 0.717) is 0 Å². The molecule has 0 atom stereocenters. The molecule has 0 unspecified atom stereocenters. The van der Waals surface area contributed by atoms with Crippen LogP contribution in [0.4, 0.5) is 5.69 Å². The van der Waals surface area contributed by atoms with Gasteiger partial charge in [0, 0.05) is 30.3 Å². The van der Waals surface area contributed by atoms with Gasteiger partial charge in [-0.15, -0.1) is 0 Å². The van der Waals surface area contributed by atoms with Crippen molar-refractivity contribution in [3.63, 3.8) is 0 Å². The van der Waals surface area contributed by atoms with E-state index in [0.717, 1.165) is 35.7 Å². The molecular weight excluding hydrogens is 282 g/mol. The van der Waals surface area contributed by atoms with Gasteiger partial charge in [-0.1, -0.05) is 60.7 Å².